The van der Waals surface area contributed by atoms with Crippen molar-refractivity contribution in [2.24, 2.45) is 16.7 Å². The number of carbonyl (C=O) groups is 2. The van der Waals surface area contributed by atoms with E-state index in [1.165, 1.54) is 0 Å². The van der Waals surface area contributed by atoms with Gasteiger partial charge < -0.3 is 10.2 Å². The number of rotatable bonds is 4. The first-order valence-electron chi connectivity index (χ1n) is 5.95. The van der Waals surface area contributed by atoms with Crippen LogP contribution in [0.3, 0.4) is 0 Å². The van der Waals surface area contributed by atoms with Gasteiger partial charge in [0.15, 0.2) is 0 Å². The van der Waals surface area contributed by atoms with Gasteiger partial charge in [-0.05, 0) is 36.6 Å². The third kappa shape index (κ3) is 2.94. The molecule has 0 spiro atoms. The first kappa shape index (κ1) is 15.2. The Morgan fingerprint density at radius 1 is 1.39 bits per heavy atom. The van der Waals surface area contributed by atoms with E-state index < -0.39 is 22.8 Å². The summed E-state index contributed by atoms with van der Waals surface area (Å²) in [5, 5.41) is 18.8. The SMILES string of the molecule is CC(C)CC1(C(=O)O)C=C(Br)CC(C)(C(=O)O)C1. The molecule has 2 unspecified atom stereocenters. The average molecular weight is 319 g/mol. The summed E-state index contributed by atoms with van der Waals surface area (Å²) >= 11 is 3.30. The Kier molecular flexibility index (Phi) is 4.26. The highest BCUT2D eigenvalue weighted by molar-refractivity contribution is 9.11. The van der Waals surface area contributed by atoms with Crippen LogP contribution in [0, 0.1) is 16.7 Å². The summed E-state index contributed by atoms with van der Waals surface area (Å²) in [6.45, 7) is 5.50. The van der Waals surface area contributed by atoms with E-state index in [0.29, 0.717) is 17.3 Å². The maximum atomic E-state index is 11.6. The smallest absolute Gasteiger partial charge is 0.313 e. The maximum Gasteiger partial charge on any atom is 0.313 e. The van der Waals surface area contributed by atoms with Gasteiger partial charge in [0.1, 0.15) is 0 Å². The van der Waals surface area contributed by atoms with E-state index in [4.69, 9.17) is 0 Å². The number of allylic oxidation sites excluding steroid dienone is 1. The van der Waals surface area contributed by atoms with Gasteiger partial charge >= 0.3 is 11.9 Å². The zero-order chi connectivity index (χ0) is 14.1. The van der Waals surface area contributed by atoms with Gasteiger partial charge in [-0.2, -0.15) is 0 Å². The molecule has 102 valence electrons. The third-order valence-corrected chi connectivity index (χ3v) is 3.92. The molecule has 4 nitrogen and oxygen atoms in total. The summed E-state index contributed by atoms with van der Waals surface area (Å²) in [6.07, 6.45) is 2.60. The molecule has 0 aromatic carbocycles. The molecule has 0 aromatic heterocycles. The molecule has 0 saturated carbocycles. The molecule has 0 fully saturated rings. The molecule has 0 aromatic rings. The van der Waals surface area contributed by atoms with Crippen LogP contribution >= 0.6 is 15.9 Å². The Labute approximate surface area is 115 Å². The molecule has 0 aliphatic heterocycles. The van der Waals surface area contributed by atoms with Crippen LogP contribution in [0.25, 0.3) is 0 Å². The van der Waals surface area contributed by atoms with Gasteiger partial charge in [-0.15, -0.1) is 0 Å². The zero-order valence-electron chi connectivity index (χ0n) is 10.9. The molecule has 0 saturated heterocycles. The number of aliphatic carboxylic acids is 2. The molecule has 1 aliphatic rings. The van der Waals surface area contributed by atoms with E-state index in [9.17, 15) is 19.8 Å². The highest BCUT2D eigenvalue weighted by Crippen LogP contribution is 2.50. The lowest BCUT2D eigenvalue weighted by Gasteiger charge is -2.40. The van der Waals surface area contributed by atoms with Crippen molar-refractivity contribution in [2.45, 2.75) is 40.0 Å². The Balaban J connectivity index is 3.23. The summed E-state index contributed by atoms with van der Waals surface area (Å²) in [5.74, 6) is -1.70. The van der Waals surface area contributed by atoms with Crippen LogP contribution in [-0.4, -0.2) is 22.2 Å². The summed E-state index contributed by atoms with van der Waals surface area (Å²) in [4.78, 5) is 23.0. The molecule has 2 atom stereocenters. The molecule has 1 aliphatic carbocycles. The molecule has 0 heterocycles. The van der Waals surface area contributed by atoms with E-state index in [-0.39, 0.29) is 12.3 Å². The van der Waals surface area contributed by atoms with Gasteiger partial charge in [0.2, 0.25) is 0 Å². The molecule has 0 bridgehead atoms. The maximum absolute atomic E-state index is 11.6. The van der Waals surface area contributed by atoms with Crippen molar-refractivity contribution in [2.75, 3.05) is 0 Å². The lowest BCUT2D eigenvalue weighted by atomic mass is 9.63. The Hall–Kier alpha value is -0.840. The third-order valence-electron chi connectivity index (χ3n) is 3.41. The van der Waals surface area contributed by atoms with Crippen LogP contribution in [0.1, 0.15) is 40.0 Å². The Morgan fingerprint density at radius 2 is 1.94 bits per heavy atom. The van der Waals surface area contributed by atoms with Gasteiger partial charge in [-0.1, -0.05) is 35.9 Å². The van der Waals surface area contributed by atoms with Gasteiger partial charge in [0, 0.05) is 0 Å². The molecule has 2 N–H and O–H groups in total. The monoisotopic (exact) mass is 318 g/mol. The lowest BCUT2D eigenvalue weighted by molar-refractivity contribution is -0.156. The zero-order valence-corrected chi connectivity index (χ0v) is 12.5. The van der Waals surface area contributed by atoms with Gasteiger partial charge in [0.25, 0.3) is 0 Å². The highest BCUT2D eigenvalue weighted by atomic mass is 79.9. The second-order valence-corrected chi connectivity index (χ2v) is 6.89. The van der Waals surface area contributed by atoms with Gasteiger partial charge in [-0.3, -0.25) is 9.59 Å². The predicted molar refractivity (Wildman–Crippen MR) is 71.5 cm³/mol. The Morgan fingerprint density at radius 3 is 2.33 bits per heavy atom. The molecule has 0 radical (unpaired) electrons. The average Bonchev–Trinajstić information content (AvgIpc) is 2.13. The van der Waals surface area contributed by atoms with Crippen molar-refractivity contribution < 1.29 is 19.8 Å². The Bertz CT molecular complexity index is 402. The van der Waals surface area contributed by atoms with E-state index >= 15 is 0 Å². The van der Waals surface area contributed by atoms with Crippen molar-refractivity contribution in [1.82, 2.24) is 0 Å². The van der Waals surface area contributed by atoms with Crippen LogP contribution < -0.4 is 0 Å². The van der Waals surface area contributed by atoms with Crippen LogP contribution in [0.4, 0.5) is 0 Å². The first-order valence-corrected chi connectivity index (χ1v) is 6.75. The highest BCUT2D eigenvalue weighted by Gasteiger charge is 2.50. The van der Waals surface area contributed by atoms with E-state index in [1.54, 1.807) is 13.0 Å². The quantitative estimate of drug-likeness (QED) is 0.834. The molecule has 18 heavy (non-hydrogen) atoms. The molecule has 5 heteroatoms. The minimum absolute atomic E-state index is 0.137. The second-order valence-electron chi connectivity index (χ2n) is 5.87. The van der Waals surface area contributed by atoms with Crippen LogP contribution in [0.5, 0.6) is 0 Å². The largest absolute Gasteiger partial charge is 0.481 e. The van der Waals surface area contributed by atoms with E-state index in [0.717, 1.165) is 0 Å². The number of carboxylic acid groups (broad SMARTS) is 2. The number of halogens is 1. The minimum atomic E-state index is -1.08. The van der Waals surface area contributed by atoms with Crippen LogP contribution in [-0.2, 0) is 9.59 Å². The van der Waals surface area contributed by atoms with Crippen LogP contribution in [0.15, 0.2) is 10.6 Å². The normalized spacial score (nSPS) is 32.2. The van der Waals surface area contributed by atoms with Crippen LogP contribution in [0.2, 0.25) is 0 Å². The first-order chi connectivity index (χ1) is 8.11. The van der Waals surface area contributed by atoms with E-state index in [1.807, 2.05) is 13.8 Å². The van der Waals surface area contributed by atoms with Crippen molar-refractivity contribution in [3.63, 3.8) is 0 Å². The predicted octanol–water partition coefficient (Wildman–Crippen LogP) is 3.27. The fraction of sp³-hybridized carbons (Fsp3) is 0.692. The number of hydrogen-bond donors (Lipinski definition) is 2. The summed E-state index contributed by atoms with van der Waals surface area (Å²) < 4.78 is 0.668. The molecule has 1 rings (SSSR count). The summed E-state index contributed by atoms with van der Waals surface area (Å²) in [7, 11) is 0. The standard InChI is InChI=1S/C13H19BrO4/c1-8(2)4-13(11(17)18)6-9(14)5-12(3,7-13)10(15)16/h6,8H,4-5,7H2,1-3H3,(H,15,16)(H,17,18). The number of carboxylic acids is 2. The lowest BCUT2D eigenvalue weighted by Crippen LogP contribution is -2.43. The topological polar surface area (TPSA) is 74.6 Å². The molecular weight excluding hydrogens is 300 g/mol. The van der Waals surface area contributed by atoms with Crippen molar-refractivity contribution in [1.29, 1.82) is 0 Å². The summed E-state index contributed by atoms with van der Waals surface area (Å²) in [6, 6.07) is 0. The second kappa shape index (κ2) is 5.03. The molecular formula is C13H19BrO4. The fourth-order valence-electron chi connectivity index (χ4n) is 2.77. The van der Waals surface area contributed by atoms with Crippen molar-refractivity contribution in [3.8, 4) is 0 Å². The van der Waals surface area contributed by atoms with Crippen molar-refractivity contribution in [3.05, 3.63) is 10.6 Å². The molecule has 0 amide bonds. The summed E-state index contributed by atoms with van der Waals surface area (Å²) in [5.41, 5.74) is -2.11. The van der Waals surface area contributed by atoms with Crippen molar-refractivity contribution >= 4 is 27.9 Å². The number of hydrogen-bond acceptors (Lipinski definition) is 2. The van der Waals surface area contributed by atoms with E-state index in [2.05, 4.69) is 15.9 Å². The fourth-order valence-corrected chi connectivity index (χ4v) is 3.83. The van der Waals surface area contributed by atoms with Gasteiger partial charge in [-0.25, -0.2) is 0 Å². The minimum Gasteiger partial charge on any atom is -0.481 e. The van der Waals surface area contributed by atoms with Gasteiger partial charge in [0.05, 0.1) is 10.8 Å².